The van der Waals surface area contributed by atoms with Crippen LogP contribution in [0.5, 0.6) is 0 Å². The molecule has 21 heavy (non-hydrogen) atoms. The second-order valence-electron chi connectivity index (χ2n) is 5.03. The first kappa shape index (κ1) is 16.7. The Balaban J connectivity index is 3.06. The second kappa shape index (κ2) is 7.46. The van der Waals surface area contributed by atoms with E-state index in [1.807, 2.05) is 20.8 Å². The van der Waals surface area contributed by atoms with E-state index in [0.29, 0.717) is 12.1 Å². The van der Waals surface area contributed by atoms with Crippen molar-refractivity contribution < 1.29 is 9.59 Å². The zero-order valence-corrected chi connectivity index (χ0v) is 12.6. The fraction of sp³-hybridized carbons (Fsp3) is 0.375. The topological polar surface area (TPSA) is 89.4 Å². The summed E-state index contributed by atoms with van der Waals surface area (Å²) in [6, 6.07) is 5.14. The van der Waals surface area contributed by atoms with Gasteiger partial charge in [-0.1, -0.05) is 11.8 Å². The maximum atomic E-state index is 12.5. The van der Waals surface area contributed by atoms with Crippen molar-refractivity contribution in [3.05, 3.63) is 34.9 Å². The SMILES string of the molecule is Cc1cc(C(=O)N(CC(N)=O)C(C)C)ccc1C#CCN. The van der Waals surface area contributed by atoms with Crippen molar-refractivity contribution in [1.82, 2.24) is 4.90 Å². The lowest BCUT2D eigenvalue weighted by molar-refractivity contribution is -0.119. The van der Waals surface area contributed by atoms with Gasteiger partial charge in [-0.3, -0.25) is 9.59 Å². The number of hydrogen-bond acceptors (Lipinski definition) is 3. The standard InChI is InChI=1S/C16H21N3O2/c1-11(2)19(10-15(18)20)16(21)14-7-6-13(5-4-8-17)12(3)9-14/h6-7,9,11H,8,10,17H2,1-3H3,(H2,18,20). The third kappa shape index (κ3) is 4.62. The fourth-order valence-corrected chi connectivity index (χ4v) is 1.91. The number of benzene rings is 1. The average Bonchev–Trinajstić information content (AvgIpc) is 2.42. The van der Waals surface area contributed by atoms with Gasteiger partial charge in [-0.2, -0.15) is 0 Å². The number of nitrogens with zero attached hydrogens (tertiary/aromatic N) is 1. The summed E-state index contributed by atoms with van der Waals surface area (Å²) in [7, 11) is 0. The third-order valence-corrected chi connectivity index (χ3v) is 3.01. The molecule has 0 spiro atoms. The summed E-state index contributed by atoms with van der Waals surface area (Å²) in [6.45, 7) is 5.76. The molecule has 1 aromatic carbocycles. The molecule has 0 aliphatic heterocycles. The number of amides is 2. The molecular formula is C16H21N3O2. The Kier molecular flexibility index (Phi) is 5.94. The van der Waals surface area contributed by atoms with Crippen LogP contribution in [0, 0.1) is 18.8 Å². The molecule has 5 nitrogen and oxygen atoms in total. The molecule has 0 fully saturated rings. The van der Waals surface area contributed by atoms with Gasteiger partial charge in [0.05, 0.1) is 13.1 Å². The van der Waals surface area contributed by atoms with Gasteiger partial charge >= 0.3 is 0 Å². The Bertz CT molecular complexity index is 597. The minimum atomic E-state index is -0.529. The van der Waals surface area contributed by atoms with Crippen LogP contribution < -0.4 is 11.5 Å². The first-order valence-corrected chi connectivity index (χ1v) is 6.75. The lowest BCUT2D eigenvalue weighted by atomic mass is 10.0. The van der Waals surface area contributed by atoms with E-state index in [2.05, 4.69) is 11.8 Å². The molecule has 0 unspecified atom stereocenters. The molecule has 5 heteroatoms. The predicted molar refractivity (Wildman–Crippen MR) is 82.5 cm³/mol. The molecule has 0 bridgehead atoms. The Labute approximate surface area is 125 Å². The van der Waals surface area contributed by atoms with Gasteiger partial charge in [0.2, 0.25) is 5.91 Å². The van der Waals surface area contributed by atoms with Crippen LogP contribution in [0.1, 0.15) is 35.3 Å². The summed E-state index contributed by atoms with van der Waals surface area (Å²) in [5.41, 5.74) is 12.8. The molecule has 0 aliphatic carbocycles. The molecule has 1 rings (SSSR count). The Morgan fingerprint density at radius 3 is 2.48 bits per heavy atom. The van der Waals surface area contributed by atoms with Crippen LogP contribution in [-0.4, -0.2) is 35.8 Å². The van der Waals surface area contributed by atoms with Gasteiger partial charge in [-0.25, -0.2) is 0 Å². The number of aryl methyl sites for hydroxylation is 1. The van der Waals surface area contributed by atoms with Gasteiger partial charge in [0.1, 0.15) is 0 Å². The highest BCUT2D eigenvalue weighted by Crippen LogP contribution is 2.14. The molecule has 4 N–H and O–H groups in total. The lowest BCUT2D eigenvalue weighted by Crippen LogP contribution is -2.42. The summed E-state index contributed by atoms with van der Waals surface area (Å²) in [5.74, 6) is 4.99. The number of hydrogen-bond donors (Lipinski definition) is 2. The Hall–Kier alpha value is -2.32. The third-order valence-electron chi connectivity index (χ3n) is 3.01. The molecule has 0 heterocycles. The van der Waals surface area contributed by atoms with Crippen LogP contribution in [0.2, 0.25) is 0 Å². The first-order chi connectivity index (χ1) is 9.86. The van der Waals surface area contributed by atoms with Crippen LogP contribution >= 0.6 is 0 Å². The molecule has 0 aliphatic rings. The Morgan fingerprint density at radius 1 is 1.33 bits per heavy atom. The number of carbonyl (C=O) groups is 2. The minimum Gasteiger partial charge on any atom is -0.368 e. The van der Waals surface area contributed by atoms with E-state index in [1.165, 1.54) is 4.90 Å². The quantitative estimate of drug-likeness (QED) is 0.796. The van der Waals surface area contributed by atoms with Crippen LogP contribution in [-0.2, 0) is 4.79 Å². The fourth-order valence-electron chi connectivity index (χ4n) is 1.91. The highest BCUT2D eigenvalue weighted by atomic mass is 16.2. The molecule has 2 amide bonds. The van der Waals surface area contributed by atoms with Crippen LogP contribution in [0.15, 0.2) is 18.2 Å². The minimum absolute atomic E-state index is 0.0930. The lowest BCUT2D eigenvalue weighted by Gasteiger charge is -2.25. The summed E-state index contributed by atoms with van der Waals surface area (Å²) >= 11 is 0. The van der Waals surface area contributed by atoms with Gasteiger partial charge in [0, 0.05) is 17.2 Å². The van der Waals surface area contributed by atoms with E-state index in [9.17, 15) is 9.59 Å². The zero-order chi connectivity index (χ0) is 16.0. The molecule has 112 valence electrons. The van der Waals surface area contributed by atoms with Gasteiger partial charge < -0.3 is 16.4 Å². The normalized spacial score (nSPS) is 9.95. The summed E-state index contributed by atoms with van der Waals surface area (Å²) in [5, 5.41) is 0. The van der Waals surface area contributed by atoms with Crippen molar-refractivity contribution in [2.45, 2.75) is 26.8 Å². The van der Waals surface area contributed by atoms with E-state index in [4.69, 9.17) is 11.5 Å². The van der Waals surface area contributed by atoms with Gasteiger partial charge in [0.25, 0.3) is 5.91 Å². The highest BCUT2D eigenvalue weighted by Gasteiger charge is 2.20. The smallest absolute Gasteiger partial charge is 0.254 e. The van der Waals surface area contributed by atoms with Crippen LogP contribution in [0.25, 0.3) is 0 Å². The van der Waals surface area contributed by atoms with Crippen molar-refractivity contribution in [2.75, 3.05) is 13.1 Å². The number of rotatable bonds is 4. The molecular weight excluding hydrogens is 266 g/mol. The summed E-state index contributed by atoms with van der Waals surface area (Å²) < 4.78 is 0. The zero-order valence-electron chi connectivity index (χ0n) is 12.6. The molecule has 0 aromatic heterocycles. The summed E-state index contributed by atoms with van der Waals surface area (Å²) in [4.78, 5) is 25.0. The first-order valence-electron chi connectivity index (χ1n) is 6.75. The van der Waals surface area contributed by atoms with Crippen molar-refractivity contribution >= 4 is 11.8 Å². The van der Waals surface area contributed by atoms with Crippen molar-refractivity contribution in [2.24, 2.45) is 11.5 Å². The van der Waals surface area contributed by atoms with Gasteiger partial charge in [-0.05, 0) is 44.5 Å². The maximum absolute atomic E-state index is 12.5. The van der Waals surface area contributed by atoms with Crippen molar-refractivity contribution in [3.8, 4) is 11.8 Å². The molecule has 1 aromatic rings. The van der Waals surface area contributed by atoms with Crippen molar-refractivity contribution in [1.29, 1.82) is 0 Å². The average molecular weight is 287 g/mol. The molecule has 0 radical (unpaired) electrons. The number of primary amides is 1. The predicted octanol–water partition coefficient (Wildman–Crippen LogP) is 0.641. The van der Waals surface area contributed by atoms with E-state index >= 15 is 0 Å². The Morgan fingerprint density at radius 2 is 2.00 bits per heavy atom. The largest absolute Gasteiger partial charge is 0.368 e. The maximum Gasteiger partial charge on any atom is 0.254 e. The molecule has 0 saturated heterocycles. The molecule has 0 atom stereocenters. The van der Waals surface area contributed by atoms with E-state index in [1.54, 1.807) is 18.2 Å². The molecule has 0 saturated carbocycles. The summed E-state index contributed by atoms with van der Waals surface area (Å²) in [6.07, 6.45) is 0. The van der Waals surface area contributed by atoms with Gasteiger partial charge in [0.15, 0.2) is 0 Å². The van der Waals surface area contributed by atoms with E-state index < -0.39 is 5.91 Å². The van der Waals surface area contributed by atoms with Gasteiger partial charge in [-0.15, -0.1) is 0 Å². The van der Waals surface area contributed by atoms with Crippen molar-refractivity contribution in [3.63, 3.8) is 0 Å². The van der Waals surface area contributed by atoms with E-state index in [-0.39, 0.29) is 18.5 Å². The van der Waals surface area contributed by atoms with E-state index in [0.717, 1.165) is 11.1 Å². The van der Waals surface area contributed by atoms with Crippen LogP contribution in [0.4, 0.5) is 0 Å². The number of nitrogens with two attached hydrogens (primary N) is 2. The number of carbonyl (C=O) groups excluding carboxylic acids is 2. The van der Waals surface area contributed by atoms with Crippen LogP contribution in [0.3, 0.4) is 0 Å². The monoisotopic (exact) mass is 287 g/mol. The highest BCUT2D eigenvalue weighted by molar-refractivity contribution is 5.96. The second-order valence-corrected chi connectivity index (χ2v) is 5.03.